The lowest BCUT2D eigenvalue weighted by Gasteiger charge is -2.15. The van der Waals surface area contributed by atoms with Crippen LogP contribution in [0.25, 0.3) is 0 Å². The Morgan fingerprint density at radius 1 is 1.15 bits per heavy atom. The lowest BCUT2D eigenvalue weighted by Crippen LogP contribution is -2.35. The van der Waals surface area contributed by atoms with Gasteiger partial charge in [-0.05, 0) is 17.7 Å². The minimum absolute atomic E-state index is 0.198. The molecule has 0 aromatic heterocycles. The van der Waals surface area contributed by atoms with Gasteiger partial charge >= 0.3 is 0 Å². The molecule has 1 atom stereocenters. The van der Waals surface area contributed by atoms with E-state index in [9.17, 15) is 4.79 Å². The molecular weight excluding hydrogens is 292 g/mol. The molecule has 2 aromatic rings. The maximum atomic E-state index is 11.9. The standard InChI is InChI=1S/C15H15ClN2OS/c16-13-8-4-5-9-14(13)20-10-12(15(19)18-17)11-6-2-1-3-7-11/h1-9,12H,10,17H2,(H,18,19). The molecule has 0 aliphatic carbocycles. The van der Waals surface area contributed by atoms with Gasteiger partial charge in [0.25, 0.3) is 0 Å². The van der Waals surface area contributed by atoms with Crippen molar-refractivity contribution in [2.24, 2.45) is 5.84 Å². The van der Waals surface area contributed by atoms with Gasteiger partial charge in [0.15, 0.2) is 0 Å². The maximum Gasteiger partial charge on any atom is 0.242 e. The summed E-state index contributed by atoms with van der Waals surface area (Å²) in [6, 6.07) is 17.2. The summed E-state index contributed by atoms with van der Waals surface area (Å²) in [7, 11) is 0. The van der Waals surface area contributed by atoms with E-state index in [1.807, 2.05) is 54.6 Å². The van der Waals surface area contributed by atoms with Crippen molar-refractivity contribution in [3.05, 3.63) is 65.2 Å². The highest BCUT2D eigenvalue weighted by Crippen LogP contribution is 2.31. The van der Waals surface area contributed by atoms with E-state index in [1.54, 1.807) is 11.8 Å². The van der Waals surface area contributed by atoms with Crippen LogP contribution in [0.3, 0.4) is 0 Å². The third-order valence-electron chi connectivity index (χ3n) is 2.90. The fourth-order valence-electron chi connectivity index (χ4n) is 1.84. The summed E-state index contributed by atoms with van der Waals surface area (Å²) in [6.07, 6.45) is 0. The highest BCUT2D eigenvalue weighted by molar-refractivity contribution is 7.99. The Balaban J connectivity index is 2.14. The van der Waals surface area contributed by atoms with Gasteiger partial charge in [0.05, 0.1) is 10.9 Å². The van der Waals surface area contributed by atoms with Crippen LogP contribution >= 0.6 is 23.4 Å². The van der Waals surface area contributed by atoms with Gasteiger partial charge in [-0.1, -0.05) is 54.1 Å². The van der Waals surface area contributed by atoms with Crippen LogP contribution in [0, 0.1) is 0 Å². The highest BCUT2D eigenvalue weighted by Gasteiger charge is 2.20. The molecule has 3 nitrogen and oxygen atoms in total. The van der Waals surface area contributed by atoms with Crippen molar-refractivity contribution in [3.63, 3.8) is 0 Å². The van der Waals surface area contributed by atoms with E-state index in [4.69, 9.17) is 17.4 Å². The average molecular weight is 307 g/mol. The molecule has 0 fully saturated rings. The predicted octanol–water partition coefficient (Wildman–Crippen LogP) is 3.21. The monoisotopic (exact) mass is 306 g/mol. The van der Waals surface area contributed by atoms with Crippen LogP contribution in [-0.4, -0.2) is 11.7 Å². The Bertz CT molecular complexity index is 577. The van der Waals surface area contributed by atoms with Gasteiger partial charge in [-0.25, -0.2) is 5.84 Å². The van der Waals surface area contributed by atoms with Gasteiger partial charge in [-0.15, -0.1) is 11.8 Å². The molecule has 0 saturated heterocycles. The lowest BCUT2D eigenvalue weighted by molar-refractivity contribution is -0.122. The molecule has 1 unspecified atom stereocenters. The number of halogens is 1. The number of carbonyl (C=O) groups is 1. The molecule has 20 heavy (non-hydrogen) atoms. The number of rotatable bonds is 5. The molecule has 3 N–H and O–H groups in total. The van der Waals surface area contributed by atoms with Crippen LogP contribution in [0.1, 0.15) is 11.5 Å². The highest BCUT2D eigenvalue weighted by atomic mass is 35.5. The fourth-order valence-corrected chi connectivity index (χ4v) is 3.21. The summed E-state index contributed by atoms with van der Waals surface area (Å²) >= 11 is 7.67. The van der Waals surface area contributed by atoms with Crippen molar-refractivity contribution < 1.29 is 4.79 Å². The van der Waals surface area contributed by atoms with Gasteiger partial charge in [0.1, 0.15) is 0 Å². The summed E-state index contributed by atoms with van der Waals surface area (Å²) in [5.74, 6) is 5.35. The topological polar surface area (TPSA) is 55.1 Å². The summed E-state index contributed by atoms with van der Waals surface area (Å²) in [6.45, 7) is 0. The number of amides is 1. The van der Waals surface area contributed by atoms with E-state index >= 15 is 0 Å². The predicted molar refractivity (Wildman–Crippen MR) is 83.7 cm³/mol. The first-order chi connectivity index (χ1) is 9.72. The number of hydrogen-bond acceptors (Lipinski definition) is 3. The van der Waals surface area contributed by atoms with Crippen molar-refractivity contribution in [1.82, 2.24) is 5.43 Å². The van der Waals surface area contributed by atoms with Gasteiger partial charge in [0, 0.05) is 10.6 Å². The second-order valence-corrected chi connectivity index (χ2v) is 5.68. The van der Waals surface area contributed by atoms with Crippen molar-refractivity contribution in [1.29, 1.82) is 0 Å². The molecule has 1 amide bonds. The van der Waals surface area contributed by atoms with Crippen LogP contribution in [0.4, 0.5) is 0 Å². The number of carbonyl (C=O) groups excluding carboxylic acids is 1. The van der Waals surface area contributed by atoms with Crippen LogP contribution in [-0.2, 0) is 4.79 Å². The number of hydrazine groups is 1. The molecule has 0 spiro atoms. The molecule has 0 radical (unpaired) electrons. The van der Waals surface area contributed by atoms with Crippen molar-refractivity contribution in [3.8, 4) is 0 Å². The van der Waals surface area contributed by atoms with Crippen molar-refractivity contribution in [2.45, 2.75) is 10.8 Å². The van der Waals surface area contributed by atoms with E-state index in [0.29, 0.717) is 10.8 Å². The Morgan fingerprint density at radius 2 is 1.80 bits per heavy atom. The zero-order valence-corrected chi connectivity index (χ0v) is 12.3. The summed E-state index contributed by atoms with van der Waals surface area (Å²) in [4.78, 5) is 12.9. The van der Waals surface area contributed by atoms with E-state index < -0.39 is 0 Å². The first kappa shape index (κ1) is 14.9. The molecule has 0 heterocycles. The number of benzene rings is 2. The quantitative estimate of drug-likeness (QED) is 0.386. The Hall–Kier alpha value is -1.49. The van der Waals surface area contributed by atoms with E-state index in [2.05, 4.69) is 5.43 Å². The van der Waals surface area contributed by atoms with Crippen molar-refractivity contribution >= 4 is 29.3 Å². The molecule has 0 saturated carbocycles. The average Bonchev–Trinajstić information content (AvgIpc) is 2.50. The van der Waals surface area contributed by atoms with Gasteiger partial charge in [0.2, 0.25) is 5.91 Å². The third-order valence-corrected chi connectivity index (χ3v) is 4.51. The number of nitrogens with one attached hydrogen (secondary N) is 1. The fraction of sp³-hybridized carbons (Fsp3) is 0.133. The van der Waals surface area contributed by atoms with Crippen molar-refractivity contribution in [2.75, 3.05) is 5.75 Å². The Labute approximate surface area is 127 Å². The van der Waals surface area contributed by atoms with E-state index in [-0.39, 0.29) is 11.8 Å². The first-order valence-corrected chi connectivity index (χ1v) is 7.51. The van der Waals surface area contributed by atoms with Crippen LogP contribution in [0.2, 0.25) is 5.02 Å². The first-order valence-electron chi connectivity index (χ1n) is 6.15. The summed E-state index contributed by atoms with van der Waals surface area (Å²) < 4.78 is 0. The third kappa shape index (κ3) is 3.76. The van der Waals surface area contributed by atoms with Crippen LogP contribution < -0.4 is 11.3 Å². The molecule has 0 aliphatic rings. The van der Waals surface area contributed by atoms with Gasteiger partial charge in [-0.3, -0.25) is 10.2 Å². The largest absolute Gasteiger partial charge is 0.294 e. The minimum Gasteiger partial charge on any atom is -0.294 e. The maximum absolute atomic E-state index is 11.9. The van der Waals surface area contributed by atoms with Gasteiger partial charge < -0.3 is 0 Å². The zero-order chi connectivity index (χ0) is 14.4. The van der Waals surface area contributed by atoms with E-state index in [1.165, 1.54) is 0 Å². The number of nitrogens with two attached hydrogens (primary N) is 1. The Morgan fingerprint density at radius 3 is 2.45 bits per heavy atom. The molecule has 5 heteroatoms. The molecule has 0 bridgehead atoms. The van der Waals surface area contributed by atoms with E-state index in [0.717, 1.165) is 10.5 Å². The Kier molecular flexibility index (Phi) is 5.47. The molecular formula is C15H15ClN2OS. The minimum atomic E-state index is -0.303. The second kappa shape index (κ2) is 7.33. The van der Waals surface area contributed by atoms with Crippen LogP contribution in [0.15, 0.2) is 59.5 Å². The van der Waals surface area contributed by atoms with Gasteiger partial charge in [-0.2, -0.15) is 0 Å². The summed E-state index contributed by atoms with van der Waals surface area (Å²) in [5.41, 5.74) is 3.17. The zero-order valence-electron chi connectivity index (χ0n) is 10.8. The SMILES string of the molecule is NNC(=O)C(CSc1ccccc1Cl)c1ccccc1. The van der Waals surface area contributed by atoms with Crippen LogP contribution in [0.5, 0.6) is 0 Å². The smallest absolute Gasteiger partial charge is 0.242 e. The molecule has 0 aliphatic heterocycles. The summed E-state index contributed by atoms with van der Waals surface area (Å²) in [5, 5.41) is 0.692. The number of thioether (sulfide) groups is 1. The molecule has 2 rings (SSSR count). The lowest BCUT2D eigenvalue weighted by atomic mass is 10.0. The molecule has 2 aromatic carbocycles. The number of hydrogen-bond donors (Lipinski definition) is 2. The second-order valence-electron chi connectivity index (χ2n) is 4.21. The molecule has 104 valence electrons. The normalized spacial score (nSPS) is 11.9.